The number of carbonyl (C=O) groups excluding carboxylic acids is 1. The van der Waals surface area contributed by atoms with Crippen LogP contribution in [0.5, 0.6) is 11.6 Å². The van der Waals surface area contributed by atoms with Crippen molar-refractivity contribution in [3.63, 3.8) is 0 Å². The molecule has 0 fully saturated rings. The van der Waals surface area contributed by atoms with Crippen LogP contribution >= 0.6 is 15.9 Å². The smallest absolute Gasteiger partial charge is 0.259 e. The van der Waals surface area contributed by atoms with Gasteiger partial charge < -0.3 is 9.64 Å². The van der Waals surface area contributed by atoms with Crippen LogP contribution in [-0.2, 0) is 0 Å². The number of rotatable bonds is 4. The molecule has 0 radical (unpaired) electrons. The minimum atomic E-state index is -0.161. The van der Waals surface area contributed by atoms with Crippen molar-refractivity contribution in [2.45, 2.75) is 0 Å². The van der Waals surface area contributed by atoms with E-state index in [1.54, 1.807) is 37.6 Å². The Morgan fingerprint density at radius 1 is 1.08 bits per heavy atom. The van der Waals surface area contributed by atoms with Crippen LogP contribution in [0.3, 0.4) is 0 Å². The van der Waals surface area contributed by atoms with Crippen LogP contribution in [0.4, 0.5) is 5.69 Å². The van der Waals surface area contributed by atoms with Crippen molar-refractivity contribution < 1.29 is 9.53 Å². The number of ether oxygens (including phenoxy) is 1. The molecule has 5 nitrogen and oxygen atoms in total. The van der Waals surface area contributed by atoms with Crippen LogP contribution in [0.25, 0.3) is 0 Å². The van der Waals surface area contributed by atoms with Crippen LogP contribution in [0.15, 0.2) is 71.6 Å². The Kier molecular flexibility index (Phi) is 4.86. The summed E-state index contributed by atoms with van der Waals surface area (Å²) in [7, 11) is 1.70. The molecule has 0 N–H and O–H groups in total. The van der Waals surface area contributed by atoms with Crippen molar-refractivity contribution in [1.82, 2.24) is 9.97 Å². The van der Waals surface area contributed by atoms with E-state index >= 15 is 0 Å². The van der Waals surface area contributed by atoms with E-state index in [0.29, 0.717) is 17.2 Å². The maximum atomic E-state index is 12.5. The molecule has 24 heavy (non-hydrogen) atoms. The molecule has 0 saturated heterocycles. The largest absolute Gasteiger partial charge is 0.439 e. The summed E-state index contributed by atoms with van der Waals surface area (Å²) in [5.74, 6) is 0.945. The minimum Gasteiger partial charge on any atom is -0.439 e. The van der Waals surface area contributed by atoms with Crippen LogP contribution in [-0.4, -0.2) is 22.9 Å². The lowest BCUT2D eigenvalue weighted by Gasteiger charge is -2.16. The van der Waals surface area contributed by atoms with Gasteiger partial charge in [0, 0.05) is 30.0 Å². The number of amides is 1. The van der Waals surface area contributed by atoms with Gasteiger partial charge >= 0.3 is 0 Å². The molecule has 1 aromatic carbocycles. The summed E-state index contributed by atoms with van der Waals surface area (Å²) in [4.78, 5) is 22.2. The average molecular weight is 384 g/mol. The third-order valence-corrected chi connectivity index (χ3v) is 3.89. The number of carbonyl (C=O) groups is 1. The van der Waals surface area contributed by atoms with E-state index < -0.39 is 0 Å². The number of anilines is 1. The Balaban J connectivity index is 1.72. The monoisotopic (exact) mass is 383 g/mol. The van der Waals surface area contributed by atoms with Gasteiger partial charge in [-0.3, -0.25) is 9.78 Å². The molecule has 2 aromatic heterocycles. The molecule has 0 unspecified atom stereocenters. The highest BCUT2D eigenvalue weighted by Gasteiger charge is 2.14. The van der Waals surface area contributed by atoms with E-state index in [0.717, 1.165) is 10.2 Å². The molecule has 120 valence electrons. The van der Waals surface area contributed by atoms with E-state index in [9.17, 15) is 4.79 Å². The van der Waals surface area contributed by atoms with E-state index in [-0.39, 0.29) is 5.91 Å². The summed E-state index contributed by atoms with van der Waals surface area (Å²) >= 11 is 3.37. The van der Waals surface area contributed by atoms with Crippen LogP contribution in [0, 0.1) is 0 Å². The van der Waals surface area contributed by atoms with Gasteiger partial charge in [0.1, 0.15) is 5.75 Å². The summed E-state index contributed by atoms with van der Waals surface area (Å²) in [5.41, 5.74) is 1.20. The third-order valence-electron chi connectivity index (χ3n) is 3.36. The molecule has 0 spiro atoms. The van der Waals surface area contributed by atoms with E-state index in [1.807, 2.05) is 30.3 Å². The van der Waals surface area contributed by atoms with Crippen LogP contribution in [0.2, 0.25) is 0 Å². The first-order valence-electron chi connectivity index (χ1n) is 7.21. The number of nitrogens with zero attached hydrogens (tertiary/aromatic N) is 3. The maximum Gasteiger partial charge on any atom is 0.259 e. The first-order chi connectivity index (χ1) is 11.6. The van der Waals surface area contributed by atoms with Gasteiger partial charge in [-0.15, -0.1) is 0 Å². The number of pyridine rings is 2. The maximum absolute atomic E-state index is 12.5. The lowest BCUT2D eigenvalue weighted by Crippen LogP contribution is -2.26. The fourth-order valence-corrected chi connectivity index (χ4v) is 2.32. The number of halogens is 1. The molecule has 6 heteroatoms. The quantitative estimate of drug-likeness (QED) is 0.673. The SMILES string of the molecule is CN(C(=O)c1ccc(Oc2ccc(Br)cc2)nc1)c1cccnc1. The molecule has 0 atom stereocenters. The Bertz CT molecular complexity index is 821. The number of hydrogen-bond donors (Lipinski definition) is 0. The van der Waals surface area contributed by atoms with Gasteiger partial charge in [0.05, 0.1) is 17.4 Å². The minimum absolute atomic E-state index is 0.161. The summed E-state index contributed by atoms with van der Waals surface area (Å²) in [6.07, 6.45) is 4.80. The molecule has 3 aromatic rings. The van der Waals surface area contributed by atoms with Crippen molar-refractivity contribution in [3.8, 4) is 11.6 Å². The molecule has 0 aliphatic heterocycles. The molecule has 0 saturated carbocycles. The Morgan fingerprint density at radius 2 is 1.88 bits per heavy atom. The van der Waals surface area contributed by atoms with Gasteiger partial charge in [0.25, 0.3) is 5.91 Å². The molecule has 0 aliphatic rings. The van der Waals surface area contributed by atoms with Gasteiger partial charge in [0.2, 0.25) is 5.88 Å². The van der Waals surface area contributed by atoms with Crippen LogP contribution < -0.4 is 9.64 Å². The second-order valence-corrected chi connectivity index (χ2v) is 5.93. The molecule has 0 aliphatic carbocycles. The summed E-state index contributed by atoms with van der Waals surface area (Å²) in [6.45, 7) is 0. The zero-order valence-corrected chi connectivity index (χ0v) is 14.5. The first kappa shape index (κ1) is 16.1. The predicted molar refractivity (Wildman–Crippen MR) is 95.4 cm³/mol. The number of aromatic nitrogens is 2. The molecular formula is C18H14BrN3O2. The molecule has 3 rings (SSSR count). The summed E-state index contributed by atoms with van der Waals surface area (Å²) < 4.78 is 6.62. The molecule has 1 amide bonds. The van der Waals surface area contributed by atoms with Crippen molar-refractivity contribution in [1.29, 1.82) is 0 Å². The topological polar surface area (TPSA) is 55.3 Å². The molecular weight excluding hydrogens is 370 g/mol. The second-order valence-electron chi connectivity index (χ2n) is 5.02. The lowest BCUT2D eigenvalue weighted by atomic mass is 10.2. The van der Waals surface area contributed by atoms with Gasteiger partial charge in [-0.1, -0.05) is 15.9 Å². The summed E-state index contributed by atoms with van der Waals surface area (Å²) in [6, 6.07) is 14.4. The Labute approximate surface area is 148 Å². The van der Waals surface area contributed by atoms with Crippen molar-refractivity contribution in [2.75, 3.05) is 11.9 Å². The van der Waals surface area contributed by atoms with Gasteiger partial charge in [0.15, 0.2) is 0 Å². The average Bonchev–Trinajstić information content (AvgIpc) is 2.64. The normalized spacial score (nSPS) is 10.2. The van der Waals surface area contributed by atoms with Gasteiger partial charge in [-0.05, 0) is 42.5 Å². The second kappa shape index (κ2) is 7.23. The molecule has 2 heterocycles. The lowest BCUT2D eigenvalue weighted by molar-refractivity contribution is 0.0992. The van der Waals surface area contributed by atoms with E-state index in [2.05, 4.69) is 25.9 Å². The fraction of sp³-hybridized carbons (Fsp3) is 0.0556. The van der Waals surface area contributed by atoms with E-state index in [1.165, 1.54) is 11.1 Å². The first-order valence-corrected chi connectivity index (χ1v) is 8.00. The summed E-state index contributed by atoms with van der Waals surface area (Å²) in [5, 5.41) is 0. The predicted octanol–water partition coefficient (Wildman–Crippen LogP) is 4.31. The fourth-order valence-electron chi connectivity index (χ4n) is 2.05. The Hall–Kier alpha value is -2.73. The van der Waals surface area contributed by atoms with Crippen molar-refractivity contribution in [2.24, 2.45) is 0 Å². The Morgan fingerprint density at radius 3 is 2.50 bits per heavy atom. The highest BCUT2D eigenvalue weighted by Crippen LogP contribution is 2.22. The zero-order chi connectivity index (χ0) is 16.9. The van der Waals surface area contributed by atoms with Gasteiger partial charge in [-0.2, -0.15) is 0 Å². The molecule has 0 bridgehead atoms. The third kappa shape index (κ3) is 3.78. The highest BCUT2D eigenvalue weighted by molar-refractivity contribution is 9.10. The highest BCUT2D eigenvalue weighted by atomic mass is 79.9. The van der Waals surface area contributed by atoms with Gasteiger partial charge in [-0.25, -0.2) is 4.98 Å². The van der Waals surface area contributed by atoms with Crippen molar-refractivity contribution in [3.05, 3.63) is 77.2 Å². The number of benzene rings is 1. The zero-order valence-electron chi connectivity index (χ0n) is 12.9. The van der Waals surface area contributed by atoms with Crippen LogP contribution in [0.1, 0.15) is 10.4 Å². The van der Waals surface area contributed by atoms with Crippen molar-refractivity contribution >= 4 is 27.5 Å². The standard InChI is InChI=1S/C18H14BrN3O2/c1-22(15-3-2-10-20-12-15)18(23)13-4-9-17(21-11-13)24-16-7-5-14(19)6-8-16/h2-12H,1H3. The van der Waals surface area contributed by atoms with E-state index in [4.69, 9.17) is 4.74 Å². The number of hydrogen-bond acceptors (Lipinski definition) is 4.